The monoisotopic (exact) mass is 351 g/mol. The molecular weight excluding hydrogens is 330 g/mol. The number of carbonyl (C=O) groups is 1. The lowest BCUT2D eigenvalue weighted by molar-refractivity contribution is 0.0601. The second kappa shape index (κ2) is 6.60. The number of rotatable bonds is 3. The Bertz CT molecular complexity index is 828. The molecule has 0 amide bonds. The van der Waals surface area contributed by atoms with E-state index in [2.05, 4.69) is 54.1 Å². The summed E-state index contributed by atoms with van der Waals surface area (Å²) in [7, 11) is 1.43. The SMILES string of the molecule is COC(=O)c1cccc2c1N[C@@H](c1ccc(SC)cc1)[C@H]1CC=C[C@@H]21. The van der Waals surface area contributed by atoms with E-state index in [9.17, 15) is 4.79 Å². The topological polar surface area (TPSA) is 38.3 Å². The van der Waals surface area contributed by atoms with Crippen LogP contribution in [0.2, 0.25) is 0 Å². The highest BCUT2D eigenvalue weighted by Gasteiger charge is 2.39. The lowest BCUT2D eigenvalue weighted by Crippen LogP contribution is -2.30. The Morgan fingerprint density at radius 1 is 1.20 bits per heavy atom. The average molecular weight is 351 g/mol. The van der Waals surface area contributed by atoms with Gasteiger partial charge in [-0.2, -0.15) is 0 Å². The molecule has 1 aliphatic carbocycles. The van der Waals surface area contributed by atoms with Gasteiger partial charge in [-0.15, -0.1) is 11.8 Å². The highest BCUT2D eigenvalue weighted by atomic mass is 32.2. The molecule has 2 aromatic carbocycles. The molecule has 3 nitrogen and oxygen atoms in total. The third kappa shape index (κ3) is 2.74. The molecule has 0 saturated carbocycles. The number of benzene rings is 2. The second-order valence-electron chi connectivity index (χ2n) is 6.51. The molecule has 4 heteroatoms. The van der Waals surface area contributed by atoms with Crippen molar-refractivity contribution in [1.82, 2.24) is 0 Å². The number of nitrogens with one attached hydrogen (secondary N) is 1. The van der Waals surface area contributed by atoms with Crippen LogP contribution in [0.15, 0.2) is 59.5 Å². The van der Waals surface area contributed by atoms with Gasteiger partial charge in [-0.05, 0) is 47.9 Å². The lowest BCUT2D eigenvalue weighted by atomic mass is 9.76. The Morgan fingerprint density at radius 2 is 2.00 bits per heavy atom. The molecule has 0 unspecified atom stereocenters. The number of hydrogen-bond acceptors (Lipinski definition) is 4. The first-order valence-corrected chi connectivity index (χ1v) is 9.73. The molecule has 25 heavy (non-hydrogen) atoms. The quantitative estimate of drug-likeness (QED) is 0.479. The molecule has 0 spiro atoms. The van der Waals surface area contributed by atoms with Crippen LogP contribution in [0, 0.1) is 5.92 Å². The van der Waals surface area contributed by atoms with Crippen LogP contribution in [0.3, 0.4) is 0 Å². The number of para-hydroxylation sites is 1. The summed E-state index contributed by atoms with van der Waals surface area (Å²) in [6.45, 7) is 0. The Hall–Kier alpha value is -2.20. The molecule has 2 aliphatic rings. The van der Waals surface area contributed by atoms with Crippen molar-refractivity contribution in [2.45, 2.75) is 23.3 Å². The highest BCUT2D eigenvalue weighted by Crippen LogP contribution is 2.50. The molecule has 0 aromatic heterocycles. The van der Waals surface area contributed by atoms with E-state index < -0.39 is 0 Å². The van der Waals surface area contributed by atoms with Gasteiger partial charge in [0.15, 0.2) is 0 Å². The van der Waals surface area contributed by atoms with Gasteiger partial charge >= 0.3 is 5.97 Å². The average Bonchev–Trinajstić information content (AvgIpc) is 3.16. The van der Waals surface area contributed by atoms with Gasteiger partial charge in [-0.25, -0.2) is 4.79 Å². The van der Waals surface area contributed by atoms with Crippen LogP contribution in [0.5, 0.6) is 0 Å². The van der Waals surface area contributed by atoms with Crippen molar-refractivity contribution < 1.29 is 9.53 Å². The fourth-order valence-electron chi connectivity index (χ4n) is 4.04. The van der Waals surface area contributed by atoms with Crippen molar-refractivity contribution in [2.24, 2.45) is 5.92 Å². The fraction of sp³-hybridized carbons (Fsp3) is 0.286. The van der Waals surface area contributed by atoms with Gasteiger partial charge in [0.05, 0.1) is 24.4 Å². The molecule has 3 atom stereocenters. The van der Waals surface area contributed by atoms with Crippen molar-refractivity contribution in [2.75, 3.05) is 18.7 Å². The molecule has 1 N–H and O–H groups in total. The highest BCUT2D eigenvalue weighted by molar-refractivity contribution is 7.98. The number of anilines is 1. The number of fused-ring (bicyclic) bond motifs is 3. The van der Waals surface area contributed by atoms with Gasteiger partial charge < -0.3 is 10.1 Å². The summed E-state index contributed by atoms with van der Waals surface area (Å²) >= 11 is 1.75. The lowest BCUT2D eigenvalue weighted by Gasteiger charge is -2.38. The molecule has 1 aliphatic heterocycles. The van der Waals surface area contributed by atoms with E-state index in [1.54, 1.807) is 11.8 Å². The summed E-state index contributed by atoms with van der Waals surface area (Å²) in [4.78, 5) is 13.5. The van der Waals surface area contributed by atoms with Gasteiger partial charge in [0.2, 0.25) is 0 Å². The third-order valence-electron chi connectivity index (χ3n) is 5.28. The van der Waals surface area contributed by atoms with Gasteiger partial charge in [-0.3, -0.25) is 0 Å². The second-order valence-corrected chi connectivity index (χ2v) is 7.39. The Labute approximate surface area is 152 Å². The van der Waals surface area contributed by atoms with Crippen molar-refractivity contribution in [1.29, 1.82) is 0 Å². The molecule has 0 saturated heterocycles. The van der Waals surface area contributed by atoms with Crippen molar-refractivity contribution >= 4 is 23.4 Å². The van der Waals surface area contributed by atoms with Crippen LogP contribution >= 0.6 is 11.8 Å². The number of thioether (sulfide) groups is 1. The maximum atomic E-state index is 12.2. The van der Waals surface area contributed by atoms with Gasteiger partial charge in [-0.1, -0.05) is 36.4 Å². The molecule has 128 valence electrons. The number of esters is 1. The van der Waals surface area contributed by atoms with Crippen LogP contribution < -0.4 is 5.32 Å². The van der Waals surface area contributed by atoms with Crippen LogP contribution in [0.25, 0.3) is 0 Å². The number of hydrogen-bond donors (Lipinski definition) is 1. The van der Waals surface area contributed by atoms with E-state index >= 15 is 0 Å². The van der Waals surface area contributed by atoms with Gasteiger partial charge in [0.25, 0.3) is 0 Å². The predicted octanol–water partition coefficient (Wildman–Crippen LogP) is 5.02. The summed E-state index contributed by atoms with van der Waals surface area (Å²) in [5.74, 6) is 0.521. The molecular formula is C21H21NO2S. The van der Waals surface area contributed by atoms with Crippen LogP contribution in [-0.4, -0.2) is 19.3 Å². The first-order chi connectivity index (χ1) is 12.2. The maximum absolute atomic E-state index is 12.2. The fourth-order valence-corrected chi connectivity index (χ4v) is 4.45. The maximum Gasteiger partial charge on any atom is 0.339 e. The summed E-state index contributed by atoms with van der Waals surface area (Å²) < 4.78 is 4.99. The summed E-state index contributed by atoms with van der Waals surface area (Å²) in [6.07, 6.45) is 7.69. The molecule has 2 aromatic rings. The number of carbonyl (C=O) groups excluding carboxylic acids is 1. The predicted molar refractivity (Wildman–Crippen MR) is 102 cm³/mol. The molecule has 1 heterocycles. The largest absolute Gasteiger partial charge is 0.465 e. The number of methoxy groups -OCH3 is 1. The summed E-state index contributed by atoms with van der Waals surface area (Å²) in [5.41, 5.74) is 3.99. The zero-order valence-electron chi connectivity index (χ0n) is 14.4. The van der Waals surface area contributed by atoms with Crippen LogP contribution in [0.1, 0.15) is 39.9 Å². The Morgan fingerprint density at radius 3 is 2.72 bits per heavy atom. The Kier molecular flexibility index (Phi) is 4.30. The third-order valence-corrected chi connectivity index (χ3v) is 6.02. The molecule has 4 rings (SSSR count). The van der Waals surface area contributed by atoms with E-state index in [-0.39, 0.29) is 12.0 Å². The summed E-state index contributed by atoms with van der Waals surface area (Å²) in [5, 5.41) is 3.66. The van der Waals surface area contributed by atoms with Crippen molar-refractivity contribution in [3.63, 3.8) is 0 Å². The van der Waals surface area contributed by atoms with Gasteiger partial charge in [0, 0.05) is 10.8 Å². The van der Waals surface area contributed by atoms with E-state index in [1.807, 2.05) is 12.1 Å². The first-order valence-electron chi connectivity index (χ1n) is 8.51. The zero-order chi connectivity index (χ0) is 17.4. The van der Waals surface area contributed by atoms with Crippen LogP contribution in [-0.2, 0) is 4.74 Å². The van der Waals surface area contributed by atoms with E-state index in [1.165, 1.54) is 23.1 Å². The number of ether oxygens (including phenoxy) is 1. The van der Waals surface area contributed by atoms with E-state index in [4.69, 9.17) is 4.74 Å². The normalized spacial score (nSPS) is 23.5. The van der Waals surface area contributed by atoms with Crippen molar-refractivity contribution in [3.05, 3.63) is 71.3 Å². The summed E-state index contributed by atoms with van der Waals surface area (Å²) in [6, 6.07) is 14.8. The molecule has 0 fully saturated rings. The smallest absolute Gasteiger partial charge is 0.339 e. The Balaban J connectivity index is 1.78. The first kappa shape index (κ1) is 16.3. The molecule has 0 bridgehead atoms. The standard InChI is InChI=1S/C21H21NO2S/c1-24-21(23)18-8-4-7-17-15-5-3-6-16(15)19(22-20(17)18)13-9-11-14(25-2)12-10-13/h3-5,7-12,15-16,19,22H,6H2,1-2H3/t15-,16+,19+/m1/s1. The van der Waals surface area contributed by atoms with Crippen LogP contribution in [0.4, 0.5) is 5.69 Å². The van der Waals surface area contributed by atoms with Crippen molar-refractivity contribution in [3.8, 4) is 0 Å². The minimum absolute atomic E-state index is 0.189. The van der Waals surface area contributed by atoms with E-state index in [0.29, 0.717) is 17.4 Å². The number of allylic oxidation sites excluding steroid dienone is 2. The molecule has 0 radical (unpaired) electrons. The minimum Gasteiger partial charge on any atom is -0.465 e. The van der Waals surface area contributed by atoms with E-state index in [0.717, 1.165) is 12.1 Å². The van der Waals surface area contributed by atoms with Gasteiger partial charge in [0.1, 0.15) is 0 Å². The zero-order valence-corrected chi connectivity index (χ0v) is 15.2. The minimum atomic E-state index is -0.291.